The summed E-state index contributed by atoms with van der Waals surface area (Å²) >= 11 is 0. The maximum Gasteiger partial charge on any atom is 0.244 e. The van der Waals surface area contributed by atoms with Gasteiger partial charge in [0.15, 0.2) is 0 Å². The highest BCUT2D eigenvalue weighted by Gasteiger charge is 2.59. The highest BCUT2D eigenvalue weighted by molar-refractivity contribution is 6.09. The van der Waals surface area contributed by atoms with Gasteiger partial charge in [-0.3, -0.25) is 24.2 Å². The number of nitrogens with zero attached hydrogens (tertiary/aromatic N) is 2. The van der Waals surface area contributed by atoms with Crippen LogP contribution in [0.4, 0.5) is 5.69 Å². The Balaban J connectivity index is 1.13. The van der Waals surface area contributed by atoms with E-state index in [-0.39, 0.29) is 47.9 Å². The van der Waals surface area contributed by atoms with Crippen LogP contribution in [0.2, 0.25) is 0 Å². The van der Waals surface area contributed by atoms with Crippen LogP contribution in [0.5, 0.6) is 0 Å². The molecule has 4 unspecified atom stereocenters. The minimum absolute atomic E-state index is 0.162. The van der Waals surface area contributed by atoms with Crippen molar-refractivity contribution in [1.82, 2.24) is 9.80 Å². The van der Waals surface area contributed by atoms with Crippen LogP contribution in [0.15, 0.2) is 36.4 Å². The minimum atomic E-state index is -0.335. The number of ether oxygens (including phenoxy) is 1. The molecular weight excluding hydrogens is 382 g/mol. The second-order valence-electron chi connectivity index (χ2n) is 8.71. The van der Waals surface area contributed by atoms with E-state index in [1.165, 1.54) is 5.56 Å². The normalized spacial score (nSPS) is 30.2. The van der Waals surface area contributed by atoms with Crippen LogP contribution in [-0.4, -0.2) is 66.9 Å². The molecule has 1 aromatic rings. The third-order valence-electron chi connectivity index (χ3n) is 6.92. The zero-order chi connectivity index (χ0) is 20.7. The molecule has 7 heteroatoms. The molecule has 30 heavy (non-hydrogen) atoms. The summed E-state index contributed by atoms with van der Waals surface area (Å²) in [6.07, 6.45) is 5.96. The molecule has 2 heterocycles. The van der Waals surface area contributed by atoms with E-state index in [1.54, 1.807) is 0 Å². The van der Waals surface area contributed by atoms with Gasteiger partial charge in [-0.15, -0.1) is 0 Å². The van der Waals surface area contributed by atoms with Crippen LogP contribution in [0.25, 0.3) is 0 Å². The lowest BCUT2D eigenvalue weighted by atomic mass is 9.85. The fourth-order valence-electron chi connectivity index (χ4n) is 5.33. The average molecular weight is 409 g/mol. The summed E-state index contributed by atoms with van der Waals surface area (Å²) in [4.78, 5) is 41.4. The SMILES string of the molecule is O=C(CN1C(=O)C2C3C=CC(C3)C2C1=O)Nc1ccc(CCN2CCOCC2)cc1. The van der Waals surface area contributed by atoms with E-state index in [9.17, 15) is 14.4 Å². The lowest BCUT2D eigenvalue weighted by molar-refractivity contribution is -0.143. The van der Waals surface area contributed by atoms with Crippen molar-refractivity contribution in [2.24, 2.45) is 23.7 Å². The first-order valence-corrected chi connectivity index (χ1v) is 10.8. The van der Waals surface area contributed by atoms with E-state index in [0.717, 1.165) is 50.6 Å². The average Bonchev–Trinajstić information content (AvgIpc) is 3.44. The summed E-state index contributed by atoms with van der Waals surface area (Å²) in [6, 6.07) is 7.77. The van der Waals surface area contributed by atoms with Crippen LogP contribution >= 0.6 is 0 Å². The number of likely N-dealkylation sites (tertiary alicyclic amines) is 1. The van der Waals surface area contributed by atoms with Gasteiger partial charge in [-0.2, -0.15) is 0 Å². The third-order valence-corrected chi connectivity index (χ3v) is 6.92. The molecular formula is C23H27N3O4. The molecule has 0 aromatic heterocycles. The Bertz CT molecular complexity index is 845. The minimum Gasteiger partial charge on any atom is -0.379 e. The second-order valence-corrected chi connectivity index (χ2v) is 8.71. The number of benzene rings is 1. The molecule has 1 saturated carbocycles. The van der Waals surface area contributed by atoms with Crippen LogP contribution in [0.1, 0.15) is 12.0 Å². The first-order chi connectivity index (χ1) is 14.6. The number of nitrogens with one attached hydrogen (secondary N) is 1. The van der Waals surface area contributed by atoms with Crippen molar-refractivity contribution in [2.45, 2.75) is 12.8 Å². The van der Waals surface area contributed by atoms with Gasteiger partial charge in [0.25, 0.3) is 0 Å². The summed E-state index contributed by atoms with van der Waals surface area (Å²) in [7, 11) is 0. The number of fused-ring (bicyclic) bond motifs is 5. The van der Waals surface area contributed by atoms with Gasteiger partial charge in [0, 0.05) is 25.3 Å². The lowest BCUT2D eigenvalue weighted by Crippen LogP contribution is -2.39. The summed E-state index contributed by atoms with van der Waals surface area (Å²) < 4.78 is 5.37. The smallest absolute Gasteiger partial charge is 0.244 e. The molecule has 4 aliphatic rings. The van der Waals surface area contributed by atoms with Crippen molar-refractivity contribution in [3.8, 4) is 0 Å². The van der Waals surface area contributed by atoms with E-state index in [2.05, 4.69) is 22.4 Å². The second kappa shape index (κ2) is 7.96. The quantitative estimate of drug-likeness (QED) is 0.566. The Morgan fingerprint density at radius 2 is 1.63 bits per heavy atom. The van der Waals surface area contributed by atoms with Gasteiger partial charge >= 0.3 is 0 Å². The van der Waals surface area contributed by atoms with Gasteiger partial charge in [0.1, 0.15) is 6.54 Å². The Kier molecular flexibility index (Phi) is 5.16. The highest BCUT2D eigenvalue weighted by Crippen LogP contribution is 2.52. The predicted molar refractivity (Wildman–Crippen MR) is 110 cm³/mol. The first kappa shape index (κ1) is 19.5. The van der Waals surface area contributed by atoms with E-state index < -0.39 is 0 Å². The molecule has 3 amide bonds. The zero-order valence-electron chi connectivity index (χ0n) is 17.0. The number of allylic oxidation sites excluding steroid dienone is 2. The molecule has 158 valence electrons. The molecule has 0 radical (unpaired) electrons. The van der Waals surface area contributed by atoms with Crippen molar-refractivity contribution < 1.29 is 19.1 Å². The van der Waals surface area contributed by atoms with Gasteiger partial charge in [-0.05, 0) is 42.4 Å². The number of morpholine rings is 1. The largest absolute Gasteiger partial charge is 0.379 e. The van der Waals surface area contributed by atoms with Gasteiger partial charge in [-0.25, -0.2) is 0 Å². The number of hydrogen-bond acceptors (Lipinski definition) is 5. The van der Waals surface area contributed by atoms with Gasteiger partial charge in [-0.1, -0.05) is 24.3 Å². The Morgan fingerprint density at radius 3 is 2.27 bits per heavy atom. The molecule has 2 saturated heterocycles. The first-order valence-electron chi connectivity index (χ1n) is 10.8. The van der Waals surface area contributed by atoms with E-state index in [0.29, 0.717) is 5.69 Å². The molecule has 1 aromatic carbocycles. The maximum atomic E-state index is 12.7. The van der Waals surface area contributed by atoms with Gasteiger partial charge in [0.2, 0.25) is 17.7 Å². The van der Waals surface area contributed by atoms with Crippen molar-refractivity contribution in [3.05, 3.63) is 42.0 Å². The summed E-state index contributed by atoms with van der Waals surface area (Å²) in [5.41, 5.74) is 1.89. The number of carbonyl (C=O) groups excluding carboxylic acids is 3. The summed E-state index contributed by atoms with van der Waals surface area (Å²) in [5, 5.41) is 2.82. The zero-order valence-corrected chi connectivity index (χ0v) is 17.0. The monoisotopic (exact) mass is 409 g/mol. The lowest BCUT2D eigenvalue weighted by Gasteiger charge is -2.26. The number of carbonyl (C=O) groups is 3. The topological polar surface area (TPSA) is 79.0 Å². The molecule has 2 aliphatic heterocycles. The van der Waals surface area contributed by atoms with E-state index in [1.807, 2.05) is 24.3 Å². The fraction of sp³-hybridized carbons (Fsp3) is 0.522. The van der Waals surface area contributed by atoms with Gasteiger partial charge in [0.05, 0.1) is 25.0 Å². The van der Waals surface area contributed by atoms with Crippen molar-refractivity contribution in [2.75, 3.05) is 44.7 Å². The van der Waals surface area contributed by atoms with Crippen molar-refractivity contribution in [1.29, 1.82) is 0 Å². The molecule has 7 nitrogen and oxygen atoms in total. The predicted octanol–water partition coefficient (Wildman–Crippen LogP) is 1.31. The van der Waals surface area contributed by atoms with E-state index in [4.69, 9.17) is 4.74 Å². The summed E-state index contributed by atoms with van der Waals surface area (Å²) in [6.45, 7) is 4.33. The number of imide groups is 1. The molecule has 5 rings (SSSR count). The molecule has 3 fully saturated rings. The molecule has 0 spiro atoms. The Hall–Kier alpha value is -2.51. The Morgan fingerprint density at radius 1 is 1.00 bits per heavy atom. The molecule has 2 bridgehead atoms. The molecule has 2 aliphatic carbocycles. The van der Waals surface area contributed by atoms with Crippen LogP contribution in [0, 0.1) is 23.7 Å². The Labute approximate surface area is 176 Å². The number of rotatable bonds is 6. The van der Waals surface area contributed by atoms with Crippen LogP contribution in [0.3, 0.4) is 0 Å². The van der Waals surface area contributed by atoms with Crippen molar-refractivity contribution in [3.63, 3.8) is 0 Å². The number of hydrogen-bond donors (Lipinski definition) is 1. The molecule has 1 N–H and O–H groups in total. The van der Waals surface area contributed by atoms with Gasteiger partial charge < -0.3 is 10.1 Å². The van der Waals surface area contributed by atoms with Crippen LogP contribution < -0.4 is 5.32 Å². The fourth-order valence-corrected chi connectivity index (χ4v) is 5.33. The number of anilines is 1. The highest BCUT2D eigenvalue weighted by atomic mass is 16.5. The molecule has 4 atom stereocenters. The summed E-state index contributed by atoms with van der Waals surface area (Å²) in [5.74, 6) is -0.898. The standard InChI is InChI=1S/C23H27N3O4/c27-19(14-26-22(28)20-16-3-4-17(13-16)21(20)23(26)29)24-18-5-1-15(2-6-18)7-8-25-9-11-30-12-10-25/h1-6,16-17,20-21H,7-14H2,(H,24,27). The van der Waals surface area contributed by atoms with Crippen LogP contribution in [-0.2, 0) is 25.5 Å². The van der Waals surface area contributed by atoms with E-state index >= 15 is 0 Å². The van der Waals surface area contributed by atoms with Crippen molar-refractivity contribution >= 4 is 23.4 Å². The maximum absolute atomic E-state index is 12.7. The number of amides is 3. The third kappa shape index (κ3) is 3.56.